The summed E-state index contributed by atoms with van der Waals surface area (Å²) in [6, 6.07) is 11.9. The lowest BCUT2D eigenvalue weighted by Gasteiger charge is -2.04. The van der Waals surface area contributed by atoms with Gasteiger partial charge in [-0.3, -0.25) is 9.48 Å². The predicted molar refractivity (Wildman–Crippen MR) is 90.0 cm³/mol. The summed E-state index contributed by atoms with van der Waals surface area (Å²) in [7, 11) is 0. The van der Waals surface area contributed by atoms with Crippen LogP contribution in [-0.4, -0.2) is 22.4 Å². The van der Waals surface area contributed by atoms with Gasteiger partial charge in [-0.1, -0.05) is 12.1 Å². The zero-order valence-electron chi connectivity index (χ0n) is 13.3. The summed E-state index contributed by atoms with van der Waals surface area (Å²) in [5, 5.41) is 5.11. The van der Waals surface area contributed by atoms with Gasteiger partial charge in [-0.05, 0) is 42.8 Å². The number of nitrogens with zero attached hydrogens (tertiary/aromatic N) is 2. The number of hydrogen-bond acceptors (Lipinski definition) is 4. The molecular weight excluding hydrogens is 309 g/mol. The molecule has 0 amide bonds. The predicted octanol–water partition coefficient (Wildman–Crippen LogP) is 2.91. The maximum Gasteiger partial charge on any atom is 0.311 e. The van der Waals surface area contributed by atoms with Crippen LogP contribution in [0.4, 0.5) is 10.1 Å². The Hall–Kier alpha value is -2.89. The van der Waals surface area contributed by atoms with E-state index < -0.39 is 0 Å². The molecule has 0 saturated carbocycles. The van der Waals surface area contributed by atoms with Crippen LogP contribution in [0.3, 0.4) is 0 Å². The highest BCUT2D eigenvalue weighted by molar-refractivity contribution is 5.86. The van der Waals surface area contributed by atoms with Crippen molar-refractivity contribution in [2.45, 2.75) is 19.9 Å². The fourth-order valence-electron chi connectivity index (χ4n) is 2.61. The molecule has 24 heavy (non-hydrogen) atoms. The summed E-state index contributed by atoms with van der Waals surface area (Å²) in [6.07, 6.45) is 0.0164. The maximum absolute atomic E-state index is 13.6. The van der Waals surface area contributed by atoms with E-state index in [0.29, 0.717) is 29.9 Å². The van der Waals surface area contributed by atoms with E-state index >= 15 is 0 Å². The van der Waals surface area contributed by atoms with Gasteiger partial charge in [0.1, 0.15) is 5.82 Å². The zero-order chi connectivity index (χ0) is 17.1. The molecule has 0 unspecified atom stereocenters. The smallest absolute Gasteiger partial charge is 0.311 e. The lowest BCUT2D eigenvalue weighted by molar-refractivity contribution is -0.142. The Morgan fingerprint density at radius 3 is 2.71 bits per heavy atom. The number of aromatic nitrogens is 2. The molecule has 124 valence electrons. The minimum absolute atomic E-state index is 0.0164. The molecule has 0 radical (unpaired) electrons. The van der Waals surface area contributed by atoms with Gasteiger partial charge < -0.3 is 10.5 Å². The molecule has 0 aliphatic carbocycles. The number of benzene rings is 2. The zero-order valence-corrected chi connectivity index (χ0v) is 13.3. The Morgan fingerprint density at radius 1 is 1.25 bits per heavy atom. The Kier molecular flexibility index (Phi) is 4.46. The molecule has 0 aliphatic rings. The number of nitrogens with two attached hydrogens (primary N) is 1. The van der Waals surface area contributed by atoms with Crippen molar-refractivity contribution >= 4 is 22.6 Å². The van der Waals surface area contributed by atoms with Gasteiger partial charge in [0, 0.05) is 11.1 Å². The van der Waals surface area contributed by atoms with Crippen molar-refractivity contribution in [1.82, 2.24) is 9.78 Å². The van der Waals surface area contributed by atoms with Crippen molar-refractivity contribution in [3.63, 3.8) is 0 Å². The van der Waals surface area contributed by atoms with Crippen LogP contribution in [0, 0.1) is 5.82 Å². The van der Waals surface area contributed by atoms with Gasteiger partial charge in [-0.25, -0.2) is 4.39 Å². The molecule has 0 fully saturated rings. The summed E-state index contributed by atoms with van der Waals surface area (Å²) < 4.78 is 20.3. The molecule has 0 bridgehead atoms. The van der Waals surface area contributed by atoms with E-state index in [1.165, 1.54) is 12.1 Å². The third-order valence-electron chi connectivity index (χ3n) is 3.72. The van der Waals surface area contributed by atoms with Crippen molar-refractivity contribution < 1.29 is 13.9 Å². The molecule has 3 rings (SSSR count). The fraction of sp³-hybridized carbons (Fsp3) is 0.222. The standard InChI is InChI=1S/C18H18FN3O2/c1-2-24-18(23)10-16-15-9-13(19)5-8-17(15)22(21-16)11-12-3-6-14(20)7-4-12/h3-9H,2,10-11,20H2,1H3. The molecule has 5 nitrogen and oxygen atoms in total. The maximum atomic E-state index is 13.6. The quantitative estimate of drug-likeness (QED) is 0.578. The van der Waals surface area contributed by atoms with Crippen LogP contribution in [0.15, 0.2) is 42.5 Å². The minimum atomic E-state index is -0.374. The van der Waals surface area contributed by atoms with Gasteiger partial charge in [0.05, 0.1) is 30.8 Å². The number of ether oxygens (including phenoxy) is 1. The van der Waals surface area contributed by atoms with Gasteiger partial charge in [-0.15, -0.1) is 0 Å². The molecule has 2 aromatic carbocycles. The first-order chi connectivity index (χ1) is 11.6. The van der Waals surface area contributed by atoms with Crippen LogP contribution in [0.5, 0.6) is 0 Å². The van der Waals surface area contributed by atoms with Crippen molar-refractivity contribution in [2.75, 3.05) is 12.3 Å². The van der Waals surface area contributed by atoms with Crippen molar-refractivity contribution in [3.8, 4) is 0 Å². The van der Waals surface area contributed by atoms with E-state index in [2.05, 4.69) is 5.10 Å². The fourth-order valence-corrected chi connectivity index (χ4v) is 2.61. The molecular formula is C18H18FN3O2. The SMILES string of the molecule is CCOC(=O)Cc1nn(Cc2ccc(N)cc2)c2ccc(F)cc12. The first-order valence-electron chi connectivity index (χ1n) is 7.72. The van der Waals surface area contributed by atoms with Gasteiger partial charge in [0.2, 0.25) is 0 Å². The van der Waals surface area contributed by atoms with E-state index in [9.17, 15) is 9.18 Å². The third-order valence-corrected chi connectivity index (χ3v) is 3.72. The number of carbonyl (C=O) groups is 1. The lowest BCUT2D eigenvalue weighted by atomic mass is 10.1. The van der Waals surface area contributed by atoms with Crippen LogP contribution in [0.25, 0.3) is 10.9 Å². The van der Waals surface area contributed by atoms with Crippen LogP contribution in [0.1, 0.15) is 18.2 Å². The Morgan fingerprint density at radius 2 is 2.00 bits per heavy atom. The molecule has 0 aliphatic heterocycles. The molecule has 6 heteroatoms. The first kappa shape index (κ1) is 16.0. The number of halogens is 1. The van der Waals surface area contributed by atoms with E-state index in [4.69, 9.17) is 10.5 Å². The van der Waals surface area contributed by atoms with Gasteiger partial charge in [-0.2, -0.15) is 5.10 Å². The van der Waals surface area contributed by atoms with Crippen molar-refractivity contribution in [3.05, 3.63) is 59.5 Å². The number of fused-ring (bicyclic) bond motifs is 1. The summed E-state index contributed by atoms with van der Waals surface area (Å²) in [6.45, 7) is 2.55. The highest BCUT2D eigenvalue weighted by Crippen LogP contribution is 2.22. The number of nitrogen functional groups attached to an aromatic ring is 1. The summed E-state index contributed by atoms with van der Waals surface area (Å²) in [5.74, 6) is -0.736. The Balaban J connectivity index is 1.98. The lowest BCUT2D eigenvalue weighted by Crippen LogP contribution is -2.09. The van der Waals surface area contributed by atoms with Crippen molar-refractivity contribution in [2.24, 2.45) is 0 Å². The summed E-state index contributed by atoms with van der Waals surface area (Å²) >= 11 is 0. The van der Waals surface area contributed by atoms with Crippen LogP contribution in [0.2, 0.25) is 0 Å². The number of rotatable bonds is 5. The molecule has 1 heterocycles. The average molecular weight is 327 g/mol. The topological polar surface area (TPSA) is 70.1 Å². The Labute approximate surface area is 138 Å². The highest BCUT2D eigenvalue weighted by Gasteiger charge is 2.15. The second kappa shape index (κ2) is 6.70. The minimum Gasteiger partial charge on any atom is -0.466 e. The second-order valence-electron chi connectivity index (χ2n) is 5.49. The third kappa shape index (κ3) is 3.37. The molecule has 1 aromatic heterocycles. The van der Waals surface area contributed by atoms with Crippen LogP contribution < -0.4 is 5.73 Å². The monoisotopic (exact) mass is 327 g/mol. The van der Waals surface area contributed by atoms with E-state index in [-0.39, 0.29) is 18.2 Å². The van der Waals surface area contributed by atoms with E-state index in [0.717, 1.165) is 11.1 Å². The van der Waals surface area contributed by atoms with Gasteiger partial charge >= 0.3 is 5.97 Å². The van der Waals surface area contributed by atoms with Gasteiger partial charge in [0.15, 0.2) is 0 Å². The van der Waals surface area contributed by atoms with Gasteiger partial charge in [0.25, 0.3) is 0 Å². The number of carbonyl (C=O) groups excluding carboxylic acids is 1. The number of hydrogen-bond donors (Lipinski definition) is 1. The second-order valence-corrected chi connectivity index (χ2v) is 5.49. The molecule has 2 N–H and O–H groups in total. The van der Waals surface area contributed by atoms with Crippen molar-refractivity contribution in [1.29, 1.82) is 0 Å². The summed E-state index contributed by atoms with van der Waals surface area (Å²) in [5.41, 5.74) is 8.69. The van der Waals surface area contributed by atoms with E-state index in [1.54, 1.807) is 17.7 Å². The highest BCUT2D eigenvalue weighted by atomic mass is 19.1. The normalized spacial score (nSPS) is 10.9. The molecule has 0 atom stereocenters. The first-order valence-corrected chi connectivity index (χ1v) is 7.72. The summed E-state index contributed by atoms with van der Waals surface area (Å²) in [4.78, 5) is 11.8. The number of anilines is 1. The number of esters is 1. The van der Waals surface area contributed by atoms with Crippen LogP contribution in [-0.2, 0) is 22.5 Å². The molecule has 0 saturated heterocycles. The average Bonchev–Trinajstić information content (AvgIpc) is 2.87. The molecule has 3 aromatic rings. The Bertz CT molecular complexity index is 872. The molecule has 0 spiro atoms. The largest absolute Gasteiger partial charge is 0.466 e. The van der Waals surface area contributed by atoms with E-state index in [1.807, 2.05) is 24.3 Å². The van der Waals surface area contributed by atoms with Crippen LogP contribution >= 0.6 is 0 Å².